The number of piperidine rings is 1. The van der Waals surface area contributed by atoms with Gasteiger partial charge in [0.2, 0.25) is 10.0 Å². The Kier molecular flexibility index (Phi) is 4.28. The lowest BCUT2D eigenvalue weighted by atomic mass is 10.0. The van der Waals surface area contributed by atoms with E-state index in [1.807, 2.05) is 6.07 Å². The maximum absolute atomic E-state index is 11.5. The zero-order valence-electron chi connectivity index (χ0n) is 12.2. The molecule has 1 aliphatic carbocycles. The molecule has 1 aliphatic heterocycles. The molecule has 1 atom stereocenters. The Morgan fingerprint density at radius 2 is 1.81 bits per heavy atom. The molecule has 116 valence electrons. The van der Waals surface area contributed by atoms with Crippen LogP contribution in [0.25, 0.3) is 0 Å². The summed E-state index contributed by atoms with van der Waals surface area (Å²) >= 11 is 6.04. The number of nitrogens with zero attached hydrogens (tertiary/aromatic N) is 1. The van der Waals surface area contributed by atoms with Gasteiger partial charge in [-0.25, -0.2) is 12.7 Å². The number of hydrogen-bond acceptors (Lipinski definition) is 3. The molecule has 21 heavy (non-hydrogen) atoms. The minimum Gasteiger partial charge on any atom is -0.310 e. The van der Waals surface area contributed by atoms with Gasteiger partial charge >= 0.3 is 0 Å². The van der Waals surface area contributed by atoms with Gasteiger partial charge in [-0.05, 0) is 48.9 Å². The molecule has 6 heteroatoms. The van der Waals surface area contributed by atoms with Crippen LogP contribution in [-0.4, -0.2) is 44.2 Å². The normalized spacial score (nSPS) is 24.2. The lowest BCUT2D eigenvalue weighted by molar-refractivity contribution is 0.275. The molecule has 0 bridgehead atoms. The Hall–Kier alpha value is -0.620. The van der Waals surface area contributed by atoms with Gasteiger partial charge in [-0.2, -0.15) is 0 Å². The van der Waals surface area contributed by atoms with Crippen LogP contribution in [0, 0.1) is 0 Å². The van der Waals surface area contributed by atoms with E-state index in [-0.39, 0.29) is 0 Å². The second-order valence-corrected chi connectivity index (χ2v) is 8.54. The minimum atomic E-state index is -3.03. The van der Waals surface area contributed by atoms with Crippen molar-refractivity contribution in [2.75, 3.05) is 19.3 Å². The molecule has 0 radical (unpaired) electrons. The van der Waals surface area contributed by atoms with E-state index in [0.29, 0.717) is 25.2 Å². The number of nitrogens with one attached hydrogen (secondary N) is 1. The van der Waals surface area contributed by atoms with Crippen molar-refractivity contribution in [3.63, 3.8) is 0 Å². The Labute approximate surface area is 131 Å². The summed E-state index contributed by atoms with van der Waals surface area (Å²) in [5, 5.41) is 4.49. The van der Waals surface area contributed by atoms with E-state index >= 15 is 0 Å². The van der Waals surface area contributed by atoms with Crippen LogP contribution in [0.3, 0.4) is 0 Å². The van der Waals surface area contributed by atoms with Gasteiger partial charge in [0.25, 0.3) is 0 Å². The van der Waals surface area contributed by atoms with Crippen LogP contribution in [0.2, 0.25) is 5.02 Å². The molecule has 3 rings (SSSR count). The first kappa shape index (κ1) is 15.3. The zero-order chi connectivity index (χ0) is 15.0. The van der Waals surface area contributed by atoms with Gasteiger partial charge in [-0.1, -0.05) is 17.7 Å². The molecule has 4 nitrogen and oxygen atoms in total. The third kappa shape index (κ3) is 3.59. The predicted molar refractivity (Wildman–Crippen MR) is 85.2 cm³/mol. The van der Waals surface area contributed by atoms with Crippen LogP contribution >= 0.6 is 11.6 Å². The summed E-state index contributed by atoms with van der Waals surface area (Å²) in [6.45, 7) is 1.25. The highest BCUT2D eigenvalue weighted by molar-refractivity contribution is 7.88. The van der Waals surface area contributed by atoms with E-state index in [4.69, 9.17) is 11.6 Å². The molecule has 0 saturated carbocycles. The molecule has 0 spiro atoms. The first-order valence-electron chi connectivity index (χ1n) is 7.40. The average molecular weight is 329 g/mol. The molecule has 1 saturated heterocycles. The fraction of sp³-hybridized carbons (Fsp3) is 0.600. The van der Waals surface area contributed by atoms with Crippen LogP contribution in [-0.2, 0) is 22.9 Å². The SMILES string of the molecule is CS(=O)(=O)N1CCC(NC2Cc3ccc(Cl)cc3C2)CC1. The number of hydrogen-bond donors (Lipinski definition) is 1. The third-order valence-electron chi connectivity index (χ3n) is 4.50. The topological polar surface area (TPSA) is 49.4 Å². The average Bonchev–Trinajstić information content (AvgIpc) is 2.79. The molecule has 0 aromatic heterocycles. The Morgan fingerprint density at radius 1 is 1.14 bits per heavy atom. The van der Waals surface area contributed by atoms with Crippen molar-refractivity contribution in [1.82, 2.24) is 9.62 Å². The molecular weight excluding hydrogens is 308 g/mol. The van der Waals surface area contributed by atoms with E-state index in [2.05, 4.69) is 17.4 Å². The van der Waals surface area contributed by atoms with Gasteiger partial charge < -0.3 is 5.32 Å². The molecule has 1 aromatic rings. The first-order chi connectivity index (χ1) is 9.91. The van der Waals surface area contributed by atoms with Gasteiger partial charge in [-0.15, -0.1) is 0 Å². The van der Waals surface area contributed by atoms with Crippen molar-refractivity contribution in [3.05, 3.63) is 34.3 Å². The van der Waals surface area contributed by atoms with Crippen molar-refractivity contribution < 1.29 is 8.42 Å². The Balaban J connectivity index is 1.54. The highest BCUT2D eigenvalue weighted by atomic mass is 35.5. The quantitative estimate of drug-likeness (QED) is 0.920. The lowest BCUT2D eigenvalue weighted by Crippen LogP contribution is -2.47. The molecular formula is C15H21ClN2O2S. The third-order valence-corrected chi connectivity index (χ3v) is 6.03. The number of halogens is 1. The lowest BCUT2D eigenvalue weighted by Gasteiger charge is -2.32. The number of rotatable bonds is 3. The fourth-order valence-electron chi connectivity index (χ4n) is 3.39. The van der Waals surface area contributed by atoms with Crippen LogP contribution in [0.1, 0.15) is 24.0 Å². The van der Waals surface area contributed by atoms with E-state index < -0.39 is 10.0 Å². The first-order valence-corrected chi connectivity index (χ1v) is 9.63. The largest absolute Gasteiger partial charge is 0.310 e. The van der Waals surface area contributed by atoms with Crippen LogP contribution in [0.4, 0.5) is 0 Å². The van der Waals surface area contributed by atoms with Crippen LogP contribution < -0.4 is 5.32 Å². The van der Waals surface area contributed by atoms with Gasteiger partial charge in [0.1, 0.15) is 0 Å². The number of benzene rings is 1. The summed E-state index contributed by atoms with van der Waals surface area (Å²) in [4.78, 5) is 0. The van der Waals surface area contributed by atoms with Gasteiger partial charge in [0.15, 0.2) is 0 Å². The van der Waals surface area contributed by atoms with Crippen molar-refractivity contribution in [1.29, 1.82) is 0 Å². The highest BCUT2D eigenvalue weighted by Crippen LogP contribution is 2.26. The van der Waals surface area contributed by atoms with Gasteiger partial charge in [0, 0.05) is 30.2 Å². The van der Waals surface area contributed by atoms with Crippen molar-refractivity contribution in [2.24, 2.45) is 0 Å². The van der Waals surface area contributed by atoms with E-state index in [9.17, 15) is 8.42 Å². The maximum atomic E-state index is 11.5. The van der Waals surface area contributed by atoms with Crippen molar-refractivity contribution >= 4 is 21.6 Å². The van der Waals surface area contributed by atoms with Crippen LogP contribution in [0.5, 0.6) is 0 Å². The van der Waals surface area contributed by atoms with Gasteiger partial charge in [0.05, 0.1) is 6.26 Å². The van der Waals surface area contributed by atoms with Crippen molar-refractivity contribution in [2.45, 2.75) is 37.8 Å². The smallest absolute Gasteiger partial charge is 0.211 e. The summed E-state index contributed by atoms with van der Waals surface area (Å²) in [5.74, 6) is 0. The summed E-state index contributed by atoms with van der Waals surface area (Å²) in [5.41, 5.74) is 2.72. The summed E-state index contributed by atoms with van der Waals surface area (Å²) in [6.07, 6.45) is 5.13. The molecule has 0 amide bonds. The van der Waals surface area contributed by atoms with Crippen molar-refractivity contribution in [3.8, 4) is 0 Å². The fourth-order valence-corrected chi connectivity index (χ4v) is 4.46. The maximum Gasteiger partial charge on any atom is 0.211 e. The van der Waals surface area contributed by atoms with E-state index in [0.717, 1.165) is 30.7 Å². The Bertz CT molecular complexity index is 625. The van der Waals surface area contributed by atoms with E-state index in [1.54, 1.807) is 4.31 Å². The van der Waals surface area contributed by atoms with Crippen LogP contribution in [0.15, 0.2) is 18.2 Å². The molecule has 1 unspecified atom stereocenters. The molecule has 2 aliphatic rings. The Morgan fingerprint density at radius 3 is 2.48 bits per heavy atom. The second-order valence-electron chi connectivity index (χ2n) is 6.12. The minimum absolute atomic E-state index is 0.415. The van der Waals surface area contributed by atoms with E-state index in [1.165, 1.54) is 17.4 Å². The van der Waals surface area contributed by atoms with Gasteiger partial charge in [-0.3, -0.25) is 0 Å². The highest BCUT2D eigenvalue weighted by Gasteiger charge is 2.28. The zero-order valence-corrected chi connectivity index (χ0v) is 13.8. The summed E-state index contributed by atoms with van der Waals surface area (Å²) in [7, 11) is -3.03. The predicted octanol–water partition coefficient (Wildman–Crippen LogP) is 1.82. The number of sulfonamides is 1. The number of fused-ring (bicyclic) bond motifs is 1. The second kappa shape index (κ2) is 5.88. The monoisotopic (exact) mass is 328 g/mol. The standard InChI is InChI=1S/C15H21ClN2O2S/c1-21(19,20)18-6-4-14(5-7-18)17-15-9-11-2-3-13(16)8-12(11)10-15/h2-3,8,14-15,17H,4-7,9-10H2,1H3. The molecule has 1 fully saturated rings. The summed E-state index contributed by atoms with van der Waals surface area (Å²) in [6, 6.07) is 7.00. The molecule has 1 N–H and O–H groups in total. The molecule has 1 aromatic carbocycles. The summed E-state index contributed by atoms with van der Waals surface area (Å²) < 4.78 is 24.6. The molecule has 1 heterocycles.